The van der Waals surface area contributed by atoms with E-state index in [2.05, 4.69) is 4.74 Å². The Labute approximate surface area is 99.3 Å². The van der Waals surface area contributed by atoms with Crippen molar-refractivity contribution in [2.24, 2.45) is 0 Å². The number of methoxy groups -OCH3 is 1. The Morgan fingerprint density at radius 1 is 1.18 bits per heavy atom. The van der Waals surface area contributed by atoms with E-state index in [-0.39, 0.29) is 19.0 Å². The number of carbonyl (C=O) groups is 2. The second kappa shape index (κ2) is 6.52. The summed E-state index contributed by atoms with van der Waals surface area (Å²) in [5.74, 6) is 0.387. The number of ketones is 1. The van der Waals surface area contributed by atoms with E-state index in [0.29, 0.717) is 11.5 Å². The number of rotatable bonds is 6. The lowest BCUT2D eigenvalue weighted by atomic mass is 10.3. The van der Waals surface area contributed by atoms with Gasteiger partial charge >= 0.3 is 5.97 Å². The Morgan fingerprint density at radius 3 is 2.53 bits per heavy atom. The minimum Gasteiger partial charge on any atom is -0.497 e. The normalized spacial score (nSPS) is 9.53. The standard InChI is InChI=1S/C12H14O5/c1-9(13)16-7-10(14)8-17-12-5-3-4-11(6-12)15-2/h3-6H,7-8H2,1-2H3. The fourth-order valence-electron chi connectivity index (χ4n) is 1.08. The molecule has 5 heteroatoms. The number of esters is 1. The first-order chi connectivity index (χ1) is 8.11. The molecule has 0 aromatic heterocycles. The number of hydrogen-bond donors (Lipinski definition) is 0. The lowest BCUT2D eigenvalue weighted by Crippen LogP contribution is -2.18. The van der Waals surface area contributed by atoms with Crippen LogP contribution < -0.4 is 9.47 Å². The molecular weight excluding hydrogens is 224 g/mol. The van der Waals surface area contributed by atoms with Crippen LogP contribution in [0.15, 0.2) is 24.3 Å². The van der Waals surface area contributed by atoms with Crippen LogP contribution in [0, 0.1) is 0 Å². The molecule has 0 saturated carbocycles. The molecule has 0 aliphatic carbocycles. The quantitative estimate of drug-likeness (QED) is 0.697. The average molecular weight is 238 g/mol. The van der Waals surface area contributed by atoms with Gasteiger partial charge in [0.15, 0.2) is 6.61 Å². The average Bonchev–Trinajstić information content (AvgIpc) is 2.34. The van der Waals surface area contributed by atoms with E-state index in [9.17, 15) is 9.59 Å². The third-order valence-electron chi connectivity index (χ3n) is 1.88. The van der Waals surface area contributed by atoms with Crippen molar-refractivity contribution in [3.05, 3.63) is 24.3 Å². The van der Waals surface area contributed by atoms with Crippen LogP contribution in [0.2, 0.25) is 0 Å². The summed E-state index contributed by atoms with van der Waals surface area (Å²) < 4.78 is 14.8. The van der Waals surface area contributed by atoms with Gasteiger partial charge in [-0.15, -0.1) is 0 Å². The van der Waals surface area contributed by atoms with Crippen LogP contribution in [-0.2, 0) is 14.3 Å². The molecule has 0 spiro atoms. The van der Waals surface area contributed by atoms with Gasteiger partial charge in [-0.05, 0) is 12.1 Å². The van der Waals surface area contributed by atoms with E-state index in [1.807, 2.05) is 0 Å². The summed E-state index contributed by atoms with van der Waals surface area (Å²) in [5, 5.41) is 0. The SMILES string of the molecule is COc1cccc(OCC(=O)COC(C)=O)c1. The topological polar surface area (TPSA) is 61.8 Å². The monoisotopic (exact) mass is 238 g/mol. The summed E-state index contributed by atoms with van der Waals surface area (Å²) in [7, 11) is 1.55. The molecule has 0 saturated heterocycles. The van der Waals surface area contributed by atoms with E-state index in [0.717, 1.165) is 0 Å². The highest BCUT2D eigenvalue weighted by Crippen LogP contribution is 2.18. The molecule has 0 radical (unpaired) electrons. The molecule has 17 heavy (non-hydrogen) atoms. The van der Waals surface area contributed by atoms with Crippen molar-refractivity contribution in [1.29, 1.82) is 0 Å². The molecule has 1 aromatic carbocycles. The third kappa shape index (κ3) is 5.01. The maximum absolute atomic E-state index is 11.2. The summed E-state index contributed by atoms with van der Waals surface area (Å²) in [5.41, 5.74) is 0. The molecule has 0 unspecified atom stereocenters. The van der Waals surface area contributed by atoms with Crippen molar-refractivity contribution in [1.82, 2.24) is 0 Å². The van der Waals surface area contributed by atoms with Crippen LogP contribution in [0.25, 0.3) is 0 Å². The van der Waals surface area contributed by atoms with Crippen molar-refractivity contribution in [3.63, 3.8) is 0 Å². The predicted molar refractivity (Wildman–Crippen MR) is 60.1 cm³/mol. The van der Waals surface area contributed by atoms with Crippen molar-refractivity contribution in [3.8, 4) is 11.5 Å². The molecule has 1 aromatic rings. The van der Waals surface area contributed by atoms with Gasteiger partial charge < -0.3 is 14.2 Å². The van der Waals surface area contributed by atoms with Gasteiger partial charge in [-0.2, -0.15) is 0 Å². The Balaban J connectivity index is 2.39. The molecule has 0 aliphatic heterocycles. The molecule has 0 aliphatic rings. The zero-order valence-corrected chi connectivity index (χ0v) is 9.76. The molecular formula is C12H14O5. The summed E-state index contributed by atoms with van der Waals surface area (Å²) in [4.78, 5) is 21.7. The third-order valence-corrected chi connectivity index (χ3v) is 1.88. The van der Waals surface area contributed by atoms with Gasteiger partial charge in [-0.1, -0.05) is 6.07 Å². The van der Waals surface area contributed by atoms with Crippen molar-refractivity contribution in [2.45, 2.75) is 6.92 Å². The number of Topliss-reactive ketones (excluding diaryl/α,β-unsaturated/α-hetero) is 1. The van der Waals surface area contributed by atoms with Crippen molar-refractivity contribution >= 4 is 11.8 Å². The second-order valence-corrected chi connectivity index (χ2v) is 3.29. The summed E-state index contributed by atoms with van der Waals surface area (Å²) >= 11 is 0. The van der Waals surface area contributed by atoms with E-state index >= 15 is 0 Å². The molecule has 0 heterocycles. The van der Waals surface area contributed by atoms with Gasteiger partial charge in [0.25, 0.3) is 0 Å². The zero-order valence-electron chi connectivity index (χ0n) is 9.76. The van der Waals surface area contributed by atoms with E-state index < -0.39 is 5.97 Å². The van der Waals surface area contributed by atoms with Gasteiger partial charge in [0, 0.05) is 13.0 Å². The number of carbonyl (C=O) groups excluding carboxylic acids is 2. The van der Waals surface area contributed by atoms with Crippen LogP contribution in [0.3, 0.4) is 0 Å². The van der Waals surface area contributed by atoms with Crippen molar-refractivity contribution in [2.75, 3.05) is 20.3 Å². The maximum atomic E-state index is 11.2. The minimum absolute atomic E-state index is 0.138. The highest BCUT2D eigenvalue weighted by atomic mass is 16.5. The van der Waals surface area contributed by atoms with Gasteiger partial charge in [-0.25, -0.2) is 0 Å². The van der Waals surface area contributed by atoms with E-state index in [4.69, 9.17) is 9.47 Å². The molecule has 0 N–H and O–H groups in total. The maximum Gasteiger partial charge on any atom is 0.303 e. The lowest BCUT2D eigenvalue weighted by molar-refractivity contribution is -0.146. The van der Waals surface area contributed by atoms with Crippen LogP contribution in [0.5, 0.6) is 11.5 Å². The fraction of sp³-hybridized carbons (Fsp3) is 0.333. The van der Waals surface area contributed by atoms with E-state index in [1.54, 1.807) is 31.4 Å². The second-order valence-electron chi connectivity index (χ2n) is 3.29. The minimum atomic E-state index is -0.486. The molecule has 92 valence electrons. The van der Waals surface area contributed by atoms with Crippen LogP contribution in [0.1, 0.15) is 6.92 Å². The van der Waals surface area contributed by atoms with Crippen molar-refractivity contribution < 1.29 is 23.8 Å². The van der Waals surface area contributed by atoms with Crippen LogP contribution >= 0.6 is 0 Å². The Bertz CT molecular complexity index is 400. The molecule has 1 rings (SSSR count). The zero-order chi connectivity index (χ0) is 12.7. The lowest BCUT2D eigenvalue weighted by Gasteiger charge is -2.07. The number of benzene rings is 1. The molecule has 0 atom stereocenters. The molecule has 0 bridgehead atoms. The Morgan fingerprint density at radius 2 is 1.88 bits per heavy atom. The van der Waals surface area contributed by atoms with Crippen LogP contribution in [-0.4, -0.2) is 32.1 Å². The van der Waals surface area contributed by atoms with Gasteiger partial charge in [-0.3, -0.25) is 9.59 Å². The summed E-state index contributed by atoms with van der Waals surface area (Å²) in [6.45, 7) is 0.843. The first kappa shape index (κ1) is 13.0. The fourth-order valence-corrected chi connectivity index (χ4v) is 1.08. The number of hydrogen-bond acceptors (Lipinski definition) is 5. The smallest absolute Gasteiger partial charge is 0.303 e. The highest BCUT2D eigenvalue weighted by molar-refractivity contribution is 5.83. The molecule has 5 nitrogen and oxygen atoms in total. The largest absolute Gasteiger partial charge is 0.497 e. The molecule has 0 fully saturated rings. The summed E-state index contributed by atoms with van der Waals surface area (Å²) in [6, 6.07) is 6.90. The first-order valence-electron chi connectivity index (χ1n) is 5.03. The van der Waals surface area contributed by atoms with E-state index in [1.165, 1.54) is 6.92 Å². The highest BCUT2D eigenvalue weighted by Gasteiger charge is 2.05. The number of ether oxygens (including phenoxy) is 3. The Kier molecular flexibility index (Phi) is 5.00. The Hall–Kier alpha value is -2.04. The van der Waals surface area contributed by atoms with Gasteiger partial charge in [0.1, 0.15) is 18.1 Å². The van der Waals surface area contributed by atoms with Crippen LogP contribution in [0.4, 0.5) is 0 Å². The van der Waals surface area contributed by atoms with Gasteiger partial charge in [0.2, 0.25) is 5.78 Å². The first-order valence-corrected chi connectivity index (χ1v) is 5.03. The predicted octanol–water partition coefficient (Wildman–Crippen LogP) is 1.21. The summed E-state index contributed by atoms with van der Waals surface area (Å²) in [6.07, 6.45) is 0. The van der Waals surface area contributed by atoms with Gasteiger partial charge in [0.05, 0.1) is 7.11 Å². The molecule has 0 amide bonds.